The van der Waals surface area contributed by atoms with Crippen molar-refractivity contribution < 1.29 is 13.9 Å². The van der Waals surface area contributed by atoms with Crippen molar-refractivity contribution >= 4 is 11.7 Å². The molecule has 2 aliphatic rings. The number of hydrogen-bond donors (Lipinski definition) is 0. The molecule has 1 aromatic rings. The molecular weight excluding hydrogens is 319 g/mol. The molecule has 25 heavy (non-hydrogen) atoms. The SMILES string of the molecule is CC(C)(C)OC(=O)N1C2C=C(c3cc(F)ccc3C#N)CC1CCC2. The van der Waals surface area contributed by atoms with Crippen LogP contribution >= 0.6 is 0 Å². The van der Waals surface area contributed by atoms with Crippen LogP contribution in [0.25, 0.3) is 5.57 Å². The van der Waals surface area contributed by atoms with Gasteiger partial charge in [0.15, 0.2) is 0 Å². The number of nitrogens with zero attached hydrogens (tertiary/aromatic N) is 2. The summed E-state index contributed by atoms with van der Waals surface area (Å²) in [5.74, 6) is -0.352. The van der Waals surface area contributed by atoms with Crippen molar-refractivity contribution in [2.24, 2.45) is 0 Å². The second kappa shape index (κ2) is 6.51. The van der Waals surface area contributed by atoms with Crippen LogP contribution in [0.5, 0.6) is 0 Å². The minimum atomic E-state index is -0.536. The van der Waals surface area contributed by atoms with E-state index in [1.54, 1.807) is 0 Å². The Bertz CT molecular complexity index is 758. The van der Waals surface area contributed by atoms with E-state index in [1.165, 1.54) is 18.2 Å². The number of benzene rings is 1. The van der Waals surface area contributed by atoms with Crippen molar-refractivity contribution in [2.45, 2.75) is 64.1 Å². The Kier molecular flexibility index (Phi) is 4.55. The molecule has 132 valence electrons. The lowest BCUT2D eigenvalue weighted by atomic mass is 9.82. The Hall–Kier alpha value is -2.35. The van der Waals surface area contributed by atoms with Crippen LogP contribution in [0.3, 0.4) is 0 Å². The molecule has 3 rings (SSSR count). The van der Waals surface area contributed by atoms with Crippen molar-refractivity contribution in [1.82, 2.24) is 4.90 Å². The fourth-order valence-electron chi connectivity index (χ4n) is 3.71. The number of halogens is 1. The van der Waals surface area contributed by atoms with Crippen LogP contribution in [0.4, 0.5) is 9.18 Å². The third-order valence-corrected chi connectivity index (χ3v) is 4.69. The molecular formula is C20H23FN2O2. The van der Waals surface area contributed by atoms with Gasteiger partial charge in [0.2, 0.25) is 0 Å². The molecule has 2 atom stereocenters. The Morgan fingerprint density at radius 1 is 1.36 bits per heavy atom. The van der Waals surface area contributed by atoms with E-state index < -0.39 is 5.60 Å². The molecule has 5 heteroatoms. The van der Waals surface area contributed by atoms with Crippen LogP contribution in [0.1, 0.15) is 57.6 Å². The molecule has 0 aliphatic carbocycles. The first kappa shape index (κ1) is 17.5. The second-order valence-electron chi connectivity index (χ2n) is 7.74. The van der Waals surface area contributed by atoms with Crippen molar-refractivity contribution in [3.8, 4) is 6.07 Å². The van der Waals surface area contributed by atoms with Gasteiger partial charge in [0, 0.05) is 6.04 Å². The third-order valence-electron chi connectivity index (χ3n) is 4.69. The monoisotopic (exact) mass is 342 g/mol. The Morgan fingerprint density at radius 3 is 2.76 bits per heavy atom. The number of carbonyl (C=O) groups is 1. The zero-order chi connectivity index (χ0) is 18.2. The summed E-state index contributed by atoms with van der Waals surface area (Å²) in [6, 6.07) is 6.35. The maximum absolute atomic E-state index is 13.7. The van der Waals surface area contributed by atoms with Gasteiger partial charge in [-0.15, -0.1) is 0 Å². The molecule has 0 saturated carbocycles. The van der Waals surface area contributed by atoms with E-state index in [-0.39, 0.29) is 24.0 Å². The highest BCUT2D eigenvalue weighted by Gasteiger charge is 2.39. The van der Waals surface area contributed by atoms with E-state index in [9.17, 15) is 14.4 Å². The van der Waals surface area contributed by atoms with Gasteiger partial charge in [0.1, 0.15) is 11.4 Å². The number of hydrogen-bond acceptors (Lipinski definition) is 3. The Labute approximate surface area is 147 Å². The zero-order valence-corrected chi connectivity index (χ0v) is 14.9. The van der Waals surface area contributed by atoms with Crippen LogP contribution in [0.15, 0.2) is 24.3 Å². The van der Waals surface area contributed by atoms with E-state index in [1.807, 2.05) is 31.7 Å². The average molecular weight is 342 g/mol. The van der Waals surface area contributed by atoms with Crippen LogP contribution in [0, 0.1) is 17.1 Å². The molecule has 0 aromatic heterocycles. The third kappa shape index (κ3) is 3.68. The Morgan fingerprint density at radius 2 is 2.12 bits per heavy atom. The molecule has 2 heterocycles. The predicted molar refractivity (Wildman–Crippen MR) is 93.2 cm³/mol. The molecule has 1 fully saturated rings. The molecule has 0 radical (unpaired) electrons. The number of ether oxygens (including phenoxy) is 1. The summed E-state index contributed by atoms with van der Waals surface area (Å²) in [5.41, 5.74) is 1.52. The molecule has 1 amide bonds. The highest BCUT2D eigenvalue weighted by molar-refractivity contribution is 5.76. The Balaban J connectivity index is 1.93. The van der Waals surface area contributed by atoms with Crippen LogP contribution in [-0.4, -0.2) is 28.7 Å². The second-order valence-corrected chi connectivity index (χ2v) is 7.74. The van der Waals surface area contributed by atoms with E-state index in [0.717, 1.165) is 24.8 Å². The number of piperidine rings is 1. The molecule has 2 aliphatic heterocycles. The van der Waals surface area contributed by atoms with E-state index in [0.29, 0.717) is 17.5 Å². The number of fused-ring (bicyclic) bond motifs is 2. The maximum atomic E-state index is 13.7. The van der Waals surface area contributed by atoms with Crippen molar-refractivity contribution in [3.63, 3.8) is 0 Å². The molecule has 0 N–H and O–H groups in total. The van der Waals surface area contributed by atoms with Gasteiger partial charge in [0.05, 0.1) is 17.7 Å². The van der Waals surface area contributed by atoms with Crippen LogP contribution in [-0.2, 0) is 4.74 Å². The first-order valence-electron chi connectivity index (χ1n) is 8.70. The number of nitriles is 1. The van der Waals surface area contributed by atoms with Gasteiger partial charge in [-0.05, 0) is 75.8 Å². The molecule has 1 saturated heterocycles. The van der Waals surface area contributed by atoms with E-state index in [4.69, 9.17) is 4.74 Å². The van der Waals surface area contributed by atoms with Gasteiger partial charge >= 0.3 is 6.09 Å². The lowest BCUT2D eigenvalue weighted by Gasteiger charge is -2.45. The van der Waals surface area contributed by atoms with Crippen molar-refractivity contribution in [1.29, 1.82) is 5.26 Å². The lowest BCUT2D eigenvalue weighted by molar-refractivity contribution is 0.0000821. The summed E-state index contributed by atoms with van der Waals surface area (Å²) in [6.07, 6.45) is 5.13. The lowest BCUT2D eigenvalue weighted by Crippen LogP contribution is -2.53. The smallest absolute Gasteiger partial charge is 0.411 e. The topological polar surface area (TPSA) is 53.3 Å². The molecule has 4 nitrogen and oxygen atoms in total. The normalized spacial score (nSPS) is 22.8. The maximum Gasteiger partial charge on any atom is 0.411 e. The summed E-state index contributed by atoms with van der Waals surface area (Å²) in [5, 5.41) is 9.33. The highest BCUT2D eigenvalue weighted by Crippen LogP contribution is 2.38. The highest BCUT2D eigenvalue weighted by atomic mass is 19.1. The molecule has 1 aromatic carbocycles. The molecule has 2 unspecified atom stereocenters. The van der Waals surface area contributed by atoms with E-state index >= 15 is 0 Å². The van der Waals surface area contributed by atoms with Gasteiger partial charge in [-0.1, -0.05) is 6.08 Å². The minimum absolute atomic E-state index is 0.0309. The predicted octanol–water partition coefficient (Wildman–Crippen LogP) is 4.64. The van der Waals surface area contributed by atoms with Gasteiger partial charge in [0.25, 0.3) is 0 Å². The van der Waals surface area contributed by atoms with Gasteiger partial charge in [-0.25, -0.2) is 9.18 Å². The number of rotatable bonds is 1. The first-order valence-corrected chi connectivity index (χ1v) is 8.70. The number of carbonyl (C=O) groups excluding carboxylic acids is 1. The summed E-state index contributed by atoms with van der Waals surface area (Å²) in [4.78, 5) is 14.4. The van der Waals surface area contributed by atoms with Crippen LogP contribution < -0.4 is 0 Å². The van der Waals surface area contributed by atoms with E-state index in [2.05, 4.69) is 6.07 Å². The first-order chi connectivity index (χ1) is 11.8. The van der Waals surface area contributed by atoms with Crippen molar-refractivity contribution in [2.75, 3.05) is 0 Å². The summed E-state index contributed by atoms with van der Waals surface area (Å²) >= 11 is 0. The molecule has 2 bridgehead atoms. The number of amides is 1. The van der Waals surface area contributed by atoms with Crippen molar-refractivity contribution in [3.05, 3.63) is 41.2 Å². The fraction of sp³-hybridized carbons (Fsp3) is 0.500. The van der Waals surface area contributed by atoms with Gasteiger partial charge in [-0.3, -0.25) is 4.90 Å². The summed E-state index contributed by atoms with van der Waals surface area (Å²) in [7, 11) is 0. The molecule has 0 spiro atoms. The summed E-state index contributed by atoms with van der Waals surface area (Å²) in [6.45, 7) is 5.58. The zero-order valence-electron chi connectivity index (χ0n) is 14.9. The quantitative estimate of drug-likeness (QED) is 0.747. The fourth-order valence-corrected chi connectivity index (χ4v) is 3.71. The average Bonchev–Trinajstić information content (AvgIpc) is 2.51. The standard InChI is InChI=1S/C20H23FN2O2/c1-20(2,3)25-19(24)23-16-5-4-6-17(23)10-14(9-16)18-11-15(21)8-7-13(18)12-22/h7-9,11,16-17H,4-6,10H2,1-3H3. The summed E-state index contributed by atoms with van der Waals surface area (Å²) < 4.78 is 19.3. The largest absolute Gasteiger partial charge is 0.444 e. The van der Waals surface area contributed by atoms with Gasteiger partial charge < -0.3 is 4.74 Å². The minimum Gasteiger partial charge on any atom is -0.444 e. The van der Waals surface area contributed by atoms with Gasteiger partial charge in [-0.2, -0.15) is 5.26 Å². The van der Waals surface area contributed by atoms with Crippen LogP contribution in [0.2, 0.25) is 0 Å².